The molecule has 17 heavy (non-hydrogen) atoms. The minimum absolute atomic E-state index is 0.195. The van der Waals surface area contributed by atoms with Crippen molar-refractivity contribution in [2.75, 3.05) is 6.54 Å². The molecule has 2 N–H and O–H groups in total. The molecule has 0 aliphatic heterocycles. The lowest BCUT2D eigenvalue weighted by Crippen LogP contribution is -2.09. The van der Waals surface area contributed by atoms with Gasteiger partial charge in [-0.3, -0.25) is 0 Å². The Labute approximate surface area is 103 Å². The zero-order valence-electron chi connectivity index (χ0n) is 9.37. The molecule has 88 valence electrons. The molecule has 0 spiro atoms. The predicted molar refractivity (Wildman–Crippen MR) is 68.5 cm³/mol. The van der Waals surface area contributed by atoms with Crippen LogP contribution < -0.4 is 5.73 Å². The fraction of sp³-hybridized carbons (Fsp3) is 0.231. The topological polar surface area (TPSA) is 52.3 Å². The van der Waals surface area contributed by atoms with Crippen molar-refractivity contribution in [3.05, 3.63) is 35.2 Å². The van der Waals surface area contributed by atoms with E-state index in [2.05, 4.69) is 6.92 Å². The Bertz CT molecular complexity index is 631. The lowest BCUT2D eigenvalue weighted by atomic mass is 9.96. The molecule has 4 heteroatoms. The minimum atomic E-state index is 0.195. The maximum absolute atomic E-state index is 6.29. The number of fused-ring (bicyclic) bond motifs is 2. The van der Waals surface area contributed by atoms with Crippen LogP contribution in [0, 0.1) is 0 Å². The molecule has 2 aromatic heterocycles. The van der Waals surface area contributed by atoms with Crippen LogP contribution in [-0.2, 0) is 0 Å². The Balaban J connectivity index is 2.52. The van der Waals surface area contributed by atoms with Crippen molar-refractivity contribution in [1.29, 1.82) is 0 Å². The summed E-state index contributed by atoms with van der Waals surface area (Å²) >= 11 is 6.29. The van der Waals surface area contributed by atoms with Crippen LogP contribution in [0.25, 0.3) is 21.9 Å². The second-order valence-electron chi connectivity index (χ2n) is 4.19. The Kier molecular flexibility index (Phi) is 2.38. The van der Waals surface area contributed by atoms with E-state index in [1.54, 1.807) is 12.5 Å². The van der Waals surface area contributed by atoms with E-state index < -0.39 is 0 Å². The van der Waals surface area contributed by atoms with Gasteiger partial charge >= 0.3 is 0 Å². The van der Waals surface area contributed by atoms with Crippen LogP contribution in [0.15, 0.2) is 33.5 Å². The first-order valence-electron chi connectivity index (χ1n) is 5.50. The van der Waals surface area contributed by atoms with Crippen molar-refractivity contribution >= 4 is 33.5 Å². The van der Waals surface area contributed by atoms with Gasteiger partial charge in [0, 0.05) is 16.3 Å². The summed E-state index contributed by atoms with van der Waals surface area (Å²) in [7, 11) is 0. The number of rotatable bonds is 2. The summed E-state index contributed by atoms with van der Waals surface area (Å²) < 4.78 is 11.0. The Hall–Kier alpha value is -1.45. The summed E-state index contributed by atoms with van der Waals surface area (Å²) in [5.41, 5.74) is 8.34. The molecule has 1 aromatic carbocycles. The highest BCUT2D eigenvalue weighted by atomic mass is 35.5. The fourth-order valence-electron chi connectivity index (χ4n) is 2.23. The zero-order valence-corrected chi connectivity index (χ0v) is 10.1. The summed E-state index contributed by atoms with van der Waals surface area (Å²) in [6.07, 6.45) is 3.28. The Morgan fingerprint density at radius 3 is 2.53 bits per heavy atom. The van der Waals surface area contributed by atoms with Crippen molar-refractivity contribution in [3.8, 4) is 0 Å². The number of furan rings is 2. The van der Waals surface area contributed by atoms with Gasteiger partial charge in [0.05, 0.1) is 17.5 Å². The van der Waals surface area contributed by atoms with Gasteiger partial charge in [0.15, 0.2) is 5.58 Å². The maximum Gasteiger partial charge on any atom is 0.153 e. The summed E-state index contributed by atoms with van der Waals surface area (Å²) in [5.74, 6) is 0.195. The average molecular weight is 250 g/mol. The van der Waals surface area contributed by atoms with Gasteiger partial charge < -0.3 is 14.6 Å². The van der Waals surface area contributed by atoms with Gasteiger partial charge in [-0.05, 0) is 24.6 Å². The highest BCUT2D eigenvalue weighted by Crippen LogP contribution is 2.40. The Morgan fingerprint density at radius 2 is 1.82 bits per heavy atom. The lowest BCUT2D eigenvalue weighted by molar-refractivity contribution is 0.603. The summed E-state index contributed by atoms with van der Waals surface area (Å²) in [4.78, 5) is 0. The molecule has 3 nitrogen and oxygen atoms in total. The molecule has 1 unspecified atom stereocenters. The quantitative estimate of drug-likeness (QED) is 0.750. The van der Waals surface area contributed by atoms with E-state index >= 15 is 0 Å². The van der Waals surface area contributed by atoms with Crippen molar-refractivity contribution in [2.24, 2.45) is 5.73 Å². The third kappa shape index (κ3) is 1.39. The third-order valence-electron chi connectivity index (χ3n) is 3.15. The third-order valence-corrected chi connectivity index (χ3v) is 3.52. The number of nitrogens with two attached hydrogens (primary N) is 1. The highest BCUT2D eigenvalue weighted by molar-refractivity contribution is 6.40. The molecular formula is C13H12ClNO2. The molecule has 0 radical (unpaired) electrons. The van der Waals surface area contributed by atoms with Crippen LogP contribution in [0.1, 0.15) is 18.4 Å². The molecule has 3 aromatic rings. The predicted octanol–water partition coefficient (Wildman–Crippen LogP) is 3.89. The minimum Gasteiger partial charge on any atom is -0.464 e. The van der Waals surface area contributed by atoms with E-state index in [0.29, 0.717) is 17.2 Å². The van der Waals surface area contributed by atoms with E-state index in [1.165, 1.54) is 0 Å². The SMILES string of the molecule is CC(CN)c1c2ccoc2c(Cl)c2ccoc12. The normalized spacial score (nSPS) is 13.6. The van der Waals surface area contributed by atoms with E-state index in [9.17, 15) is 0 Å². The summed E-state index contributed by atoms with van der Waals surface area (Å²) in [6.45, 7) is 2.62. The molecule has 0 bridgehead atoms. The van der Waals surface area contributed by atoms with Crippen LogP contribution >= 0.6 is 11.6 Å². The van der Waals surface area contributed by atoms with Crippen LogP contribution in [0.3, 0.4) is 0 Å². The van der Waals surface area contributed by atoms with Gasteiger partial charge in [-0.25, -0.2) is 0 Å². The summed E-state index contributed by atoms with van der Waals surface area (Å²) in [6, 6.07) is 3.76. The molecule has 0 fully saturated rings. The molecule has 0 saturated carbocycles. The van der Waals surface area contributed by atoms with Gasteiger partial charge in [0.1, 0.15) is 5.58 Å². The molecule has 3 rings (SSSR count). The zero-order chi connectivity index (χ0) is 12.0. The van der Waals surface area contributed by atoms with Gasteiger partial charge in [0.25, 0.3) is 0 Å². The van der Waals surface area contributed by atoms with Crippen LogP contribution in [0.5, 0.6) is 0 Å². The number of hydrogen-bond acceptors (Lipinski definition) is 3. The van der Waals surface area contributed by atoms with Crippen molar-refractivity contribution < 1.29 is 8.83 Å². The van der Waals surface area contributed by atoms with E-state index in [4.69, 9.17) is 26.2 Å². The molecular weight excluding hydrogens is 238 g/mol. The molecule has 0 amide bonds. The first kappa shape index (κ1) is 10.7. The van der Waals surface area contributed by atoms with Gasteiger partial charge in [-0.15, -0.1) is 0 Å². The van der Waals surface area contributed by atoms with Crippen LogP contribution in [0.2, 0.25) is 5.02 Å². The first-order chi connectivity index (χ1) is 8.24. The molecule has 2 heterocycles. The van der Waals surface area contributed by atoms with Crippen LogP contribution in [0.4, 0.5) is 0 Å². The monoisotopic (exact) mass is 249 g/mol. The number of halogens is 1. The number of benzene rings is 1. The van der Waals surface area contributed by atoms with Crippen LogP contribution in [-0.4, -0.2) is 6.54 Å². The van der Waals surface area contributed by atoms with Crippen molar-refractivity contribution in [1.82, 2.24) is 0 Å². The molecule has 1 atom stereocenters. The lowest BCUT2D eigenvalue weighted by Gasteiger charge is -2.11. The highest BCUT2D eigenvalue weighted by Gasteiger charge is 2.20. The molecule has 0 saturated heterocycles. The smallest absolute Gasteiger partial charge is 0.153 e. The van der Waals surface area contributed by atoms with Gasteiger partial charge in [0.2, 0.25) is 0 Å². The standard InChI is InChI=1S/C13H12ClNO2/c1-7(6-15)10-8-2-4-17-13(8)11(14)9-3-5-16-12(9)10/h2-5,7H,6,15H2,1H3. The number of hydrogen-bond donors (Lipinski definition) is 1. The second kappa shape index (κ2) is 3.79. The average Bonchev–Trinajstić information content (AvgIpc) is 2.96. The maximum atomic E-state index is 6.29. The van der Waals surface area contributed by atoms with Crippen molar-refractivity contribution in [3.63, 3.8) is 0 Å². The van der Waals surface area contributed by atoms with Gasteiger partial charge in [-0.1, -0.05) is 18.5 Å². The molecule has 0 aliphatic carbocycles. The van der Waals surface area contributed by atoms with Crippen molar-refractivity contribution in [2.45, 2.75) is 12.8 Å². The van der Waals surface area contributed by atoms with Gasteiger partial charge in [-0.2, -0.15) is 0 Å². The molecule has 0 aliphatic rings. The Morgan fingerprint density at radius 1 is 1.18 bits per heavy atom. The largest absolute Gasteiger partial charge is 0.464 e. The van der Waals surface area contributed by atoms with E-state index in [0.717, 1.165) is 21.9 Å². The second-order valence-corrected chi connectivity index (χ2v) is 4.57. The first-order valence-corrected chi connectivity index (χ1v) is 5.87. The summed E-state index contributed by atoms with van der Waals surface area (Å²) in [5, 5.41) is 2.46. The van der Waals surface area contributed by atoms with E-state index in [-0.39, 0.29) is 5.92 Å². The fourth-order valence-corrected chi connectivity index (χ4v) is 2.53. The van der Waals surface area contributed by atoms with E-state index in [1.807, 2.05) is 12.1 Å².